The highest BCUT2D eigenvalue weighted by Gasteiger charge is 2.32. The van der Waals surface area contributed by atoms with E-state index in [1.165, 1.54) is 0 Å². The topological polar surface area (TPSA) is 28.2 Å². The predicted octanol–water partition coefficient (Wildman–Crippen LogP) is 4.30. The Morgan fingerprint density at radius 2 is 1.81 bits per heavy atom. The Kier molecular flexibility index (Phi) is 4.35. The lowest BCUT2D eigenvalue weighted by Gasteiger charge is -2.21. The SMILES string of the molecule is CCNc1cc(C(F)(F)F)cc(N(C)c2ccccc2)n1. The van der Waals surface area contributed by atoms with Gasteiger partial charge in [-0.1, -0.05) is 18.2 Å². The van der Waals surface area contributed by atoms with Crippen LogP contribution in [0.2, 0.25) is 0 Å². The molecule has 0 spiro atoms. The smallest absolute Gasteiger partial charge is 0.370 e. The summed E-state index contributed by atoms with van der Waals surface area (Å²) >= 11 is 0. The van der Waals surface area contributed by atoms with Crippen LogP contribution in [-0.4, -0.2) is 18.6 Å². The second kappa shape index (κ2) is 6.03. The minimum atomic E-state index is -4.40. The molecule has 0 aliphatic rings. The summed E-state index contributed by atoms with van der Waals surface area (Å²) in [5.74, 6) is 0.456. The van der Waals surface area contributed by atoms with Gasteiger partial charge in [0.1, 0.15) is 11.6 Å². The van der Waals surface area contributed by atoms with Crippen molar-refractivity contribution in [2.24, 2.45) is 0 Å². The van der Waals surface area contributed by atoms with Gasteiger partial charge in [-0.2, -0.15) is 13.2 Å². The van der Waals surface area contributed by atoms with E-state index in [-0.39, 0.29) is 11.6 Å². The zero-order chi connectivity index (χ0) is 15.5. The van der Waals surface area contributed by atoms with Crippen molar-refractivity contribution in [3.05, 3.63) is 48.0 Å². The molecule has 0 aliphatic carbocycles. The van der Waals surface area contributed by atoms with E-state index in [1.54, 1.807) is 11.9 Å². The summed E-state index contributed by atoms with van der Waals surface area (Å²) in [5, 5.41) is 2.83. The van der Waals surface area contributed by atoms with Crippen LogP contribution in [0, 0.1) is 0 Å². The molecular weight excluding hydrogens is 279 g/mol. The van der Waals surface area contributed by atoms with E-state index in [4.69, 9.17) is 0 Å². The number of halogens is 3. The molecule has 1 N–H and O–H groups in total. The molecule has 112 valence electrons. The Morgan fingerprint density at radius 1 is 1.14 bits per heavy atom. The number of rotatable bonds is 4. The van der Waals surface area contributed by atoms with Crippen molar-refractivity contribution in [2.75, 3.05) is 23.8 Å². The molecule has 21 heavy (non-hydrogen) atoms. The van der Waals surface area contributed by atoms with Crippen LogP contribution in [0.5, 0.6) is 0 Å². The Bertz CT molecular complexity index is 597. The molecule has 0 radical (unpaired) electrons. The van der Waals surface area contributed by atoms with Crippen LogP contribution in [0.25, 0.3) is 0 Å². The third-order valence-corrected chi connectivity index (χ3v) is 2.98. The molecule has 2 aromatic rings. The molecule has 6 heteroatoms. The summed E-state index contributed by atoms with van der Waals surface area (Å²) in [6.45, 7) is 2.31. The van der Waals surface area contributed by atoms with Gasteiger partial charge in [0.2, 0.25) is 0 Å². The van der Waals surface area contributed by atoms with Gasteiger partial charge in [0.05, 0.1) is 5.56 Å². The van der Waals surface area contributed by atoms with Crippen molar-refractivity contribution in [3.8, 4) is 0 Å². The highest BCUT2D eigenvalue weighted by atomic mass is 19.4. The summed E-state index contributed by atoms with van der Waals surface area (Å²) < 4.78 is 38.9. The van der Waals surface area contributed by atoms with Gasteiger partial charge >= 0.3 is 6.18 Å². The summed E-state index contributed by atoms with van der Waals surface area (Å²) in [6, 6.07) is 11.2. The maximum absolute atomic E-state index is 13.0. The van der Waals surface area contributed by atoms with Crippen LogP contribution in [0.3, 0.4) is 0 Å². The van der Waals surface area contributed by atoms with Crippen molar-refractivity contribution >= 4 is 17.3 Å². The van der Waals surface area contributed by atoms with Gasteiger partial charge in [0.15, 0.2) is 0 Å². The standard InChI is InChI=1S/C15H16F3N3/c1-3-19-13-9-11(15(16,17)18)10-14(20-13)21(2)12-7-5-4-6-8-12/h4-10H,3H2,1-2H3,(H,19,20). The van der Waals surface area contributed by atoms with Crippen molar-refractivity contribution in [1.82, 2.24) is 4.98 Å². The van der Waals surface area contributed by atoms with Gasteiger partial charge < -0.3 is 10.2 Å². The predicted molar refractivity (Wildman–Crippen MR) is 77.9 cm³/mol. The van der Waals surface area contributed by atoms with E-state index >= 15 is 0 Å². The number of aromatic nitrogens is 1. The average Bonchev–Trinajstić information content (AvgIpc) is 2.46. The van der Waals surface area contributed by atoms with Crippen molar-refractivity contribution in [1.29, 1.82) is 0 Å². The molecule has 0 unspecified atom stereocenters. The fraction of sp³-hybridized carbons (Fsp3) is 0.267. The molecular formula is C15H16F3N3. The van der Waals surface area contributed by atoms with Crippen LogP contribution < -0.4 is 10.2 Å². The van der Waals surface area contributed by atoms with E-state index < -0.39 is 11.7 Å². The Labute approximate surface area is 121 Å². The molecule has 1 aromatic heterocycles. The number of anilines is 3. The van der Waals surface area contributed by atoms with E-state index in [9.17, 15) is 13.2 Å². The number of para-hydroxylation sites is 1. The third kappa shape index (κ3) is 3.65. The van der Waals surface area contributed by atoms with E-state index in [0.717, 1.165) is 17.8 Å². The fourth-order valence-electron chi connectivity index (χ4n) is 1.91. The Balaban J connectivity index is 2.45. The van der Waals surface area contributed by atoms with Gasteiger partial charge in [-0.25, -0.2) is 4.98 Å². The van der Waals surface area contributed by atoms with Crippen molar-refractivity contribution in [2.45, 2.75) is 13.1 Å². The highest BCUT2D eigenvalue weighted by molar-refractivity contribution is 5.62. The lowest BCUT2D eigenvalue weighted by Crippen LogP contribution is -2.15. The van der Waals surface area contributed by atoms with Gasteiger partial charge in [0, 0.05) is 19.3 Å². The maximum Gasteiger partial charge on any atom is 0.416 e. The average molecular weight is 295 g/mol. The highest BCUT2D eigenvalue weighted by Crippen LogP contribution is 2.34. The quantitative estimate of drug-likeness (QED) is 0.911. The number of alkyl halides is 3. The molecule has 0 amide bonds. The van der Waals surface area contributed by atoms with E-state index in [1.807, 2.05) is 37.3 Å². The van der Waals surface area contributed by atoms with Crippen LogP contribution >= 0.6 is 0 Å². The molecule has 0 saturated carbocycles. The van der Waals surface area contributed by atoms with E-state index in [0.29, 0.717) is 6.54 Å². The fourth-order valence-corrected chi connectivity index (χ4v) is 1.91. The van der Waals surface area contributed by atoms with Crippen LogP contribution in [-0.2, 0) is 6.18 Å². The zero-order valence-electron chi connectivity index (χ0n) is 11.8. The largest absolute Gasteiger partial charge is 0.416 e. The Hall–Kier alpha value is -2.24. The number of hydrogen-bond acceptors (Lipinski definition) is 3. The minimum Gasteiger partial charge on any atom is -0.370 e. The van der Waals surface area contributed by atoms with Crippen LogP contribution in [0.1, 0.15) is 12.5 Å². The molecule has 0 bridgehead atoms. The zero-order valence-corrected chi connectivity index (χ0v) is 11.8. The maximum atomic E-state index is 13.0. The van der Waals surface area contributed by atoms with Gasteiger partial charge in [-0.15, -0.1) is 0 Å². The summed E-state index contributed by atoms with van der Waals surface area (Å²) in [6.07, 6.45) is -4.40. The van der Waals surface area contributed by atoms with Crippen LogP contribution in [0.4, 0.5) is 30.5 Å². The number of nitrogens with one attached hydrogen (secondary N) is 1. The molecule has 0 fully saturated rings. The first kappa shape index (κ1) is 15.2. The monoisotopic (exact) mass is 295 g/mol. The number of pyridine rings is 1. The molecule has 3 nitrogen and oxygen atoms in total. The Morgan fingerprint density at radius 3 is 2.38 bits per heavy atom. The number of benzene rings is 1. The first-order valence-electron chi connectivity index (χ1n) is 6.53. The first-order valence-corrected chi connectivity index (χ1v) is 6.53. The second-order valence-electron chi connectivity index (χ2n) is 4.52. The summed E-state index contributed by atoms with van der Waals surface area (Å²) in [4.78, 5) is 5.85. The van der Waals surface area contributed by atoms with Gasteiger partial charge in [-0.05, 0) is 31.2 Å². The summed E-state index contributed by atoms with van der Waals surface area (Å²) in [7, 11) is 1.69. The number of nitrogens with zero attached hydrogens (tertiary/aromatic N) is 2. The second-order valence-corrected chi connectivity index (χ2v) is 4.52. The lowest BCUT2D eigenvalue weighted by atomic mass is 10.2. The normalized spacial score (nSPS) is 11.3. The van der Waals surface area contributed by atoms with Crippen LogP contribution in [0.15, 0.2) is 42.5 Å². The van der Waals surface area contributed by atoms with Crippen molar-refractivity contribution < 1.29 is 13.2 Å². The lowest BCUT2D eigenvalue weighted by molar-refractivity contribution is -0.137. The van der Waals surface area contributed by atoms with Gasteiger partial charge in [-0.3, -0.25) is 0 Å². The molecule has 2 rings (SSSR count). The molecule has 1 heterocycles. The third-order valence-electron chi connectivity index (χ3n) is 2.98. The molecule has 1 aromatic carbocycles. The minimum absolute atomic E-state index is 0.213. The van der Waals surface area contributed by atoms with Crippen molar-refractivity contribution in [3.63, 3.8) is 0 Å². The number of hydrogen-bond donors (Lipinski definition) is 1. The first-order chi connectivity index (χ1) is 9.91. The van der Waals surface area contributed by atoms with E-state index in [2.05, 4.69) is 10.3 Å². The molecule has 0 aliphatic heterocycles. The molecule has 0 atom stereocenters. The molecule has 0 saturated heterocycles. The summed E-state index contributed by atoms with van der Waals surface area (Å²) in [5.41, 5.74) is 0.0537. The van der Waals surface area contributed by atoms with Gasteiger partial charge in [0.25, 0.3) is 0 Å².